The van der Waals surface area contributed by atoms with Gasteiger partial charge >= 0.3 is 0 Å². The molecule has 1 amide bonds. The van der Waals surface area contributed by atoms with Crippen molar-refractivity contribution in [2.24, 2.45) is 0 Å². The van der Waals surface area contributed by atoms with E-state index in [9.17, 15) is 4.79 Å². The topological polar surface area (TPSA) is 32.8 Å². The molecule has 0 unspecified atom stereocenters. The van der Waals surface area contributed by atoms with Crippen molar-refractivity contribution < 1.29 is 9.53 Å². The van der Waals surface area contributed by atoms with E-state index in [0.29, 0.717) is 26.3 Å². The van der Waals surface area contributed by atoms with Gasteiger partial charge < -0.3 is 14.5 Å². The Morgan fingerprint density at radius 2 is 1.64 bits per heavy atom. The Morgan fingerprint density at radius 3 is 2.44 bits per heavy atom. The summed E-state index contributed by atoms with van der Waals surface area (Å²) in [4.78, 5) is 17.7. The lowest BCUT2D eigenvalue weighted by Crippen LogP contribution is -2.48. The number of fused-ring (bicyclic) bond motifs is 1. The average molecular weight is 336 g/mol. The van der Waals surface area contributed by atoms with Crippen LogP contribution in [-0.4, -0.2) is 43.7 Å². The summed E-state index contributed by atoms with van der Waals surface area (Å²) in [6.45, 7) is 3.52. The number of carbonyl (C=O) groups is 1. The number of hydrogen-bond acceptors (Lipinski definition) is 3. The molecule has 0 N–H and O–H groups in total. The van der Waals surface area contributed by atoms with Crippen molar-refractivity contribution in [1.82, 2.24) is 4.90 Å². The lowest BCUT2D eigenvalue weighted by molar-refractivity contribution is -0.137. The number of nitrogens with zero attached hydrogens (tertiary/aromatic N) is 2. The fourth-order valence-electron chi connectivity index (χ4n) is 3.88. The summed E-state index contributed by atoms with van der Waals surface area (Å²) < 4.78 is 5.43. The van der Waals surface area contributed by atoms with Crippen molar-refractivity contribution in [3.05, 3.63) is 65.7 Å². The fourth-order valence-corrected chi connectivity index (χ4v) is 3.88. The first-order valence-electron chi connectivity index (χ1n) is 9.10. The quantitative estimate of drug-likeness (QED) is 0.864. The van der Waals surface area contributed by atoms with Gasteiger partial charge in [0.2, 0.25) is 5.91 Å². The van der Waals surface area contributed by atoms with Crippen LogP contribution in [0.5, 0.6) is 0 Å². The number of amides is 1. The van der Waals surface area contributed by atoms with Crippen molar-refractivity contribution in [3.63, 3.8) is 0 Å². The molecule has 4 rings (SSSR count). The number of anilines is 1. The number of carbonyl (C=O) groups excluding carboxylic acids is 1. The largest absolute Gasteiger partial charge is 0.378 e. The van der Waals surface area contributed by atoms with E-state index in [1.165, 1.54) is 11.3 Å². The smallest absolute Gasteiger partial charge is 0.250 e. The lowest BCUT2D eigenvalue weighted by atomic mass is 9.96. The van der Waals surface area contributed by atoms with Crippen LogP contribution in [-0.2, 0) is 16.0 Å². The standard InChI is InChI=1S/C21H24N2O2/c24-21(22-13-15-25-16-14-22)20(18-8-2-1-3-9-18)23-12-6-10-17-7-4-5-11-19(17)23/h1-5,7-9,11,20H,6,10,12-16H2/t20-/m0/s1. The Labute approximate surface area is 149 Å². The second kappa shape index (κ2) is 7.28. The first kappa shape index (κ1) is 16.2. The van der Waals surface area contributed by atoms with Gasteiger partial charge in [0.05, 0.1) is 13.2 Å². The highest BCUT2D eigenvalue weighted by atomic mass is 16.5. The summed E-state index contributed by atoms with van der Waals surface area (Å²) in [5.74, 6) is 0.186. The maximum atomic E-state index is 13.4. The number of ether oxygens (including phenoxy) is 1. The minimum absolute atomic E-state index is 0.186. The molecule has 0 saturated carbocycles. The SMILES string of the molecule is O=C([C@H](c1ccccc1)N1CCCc2ccccc21)N1CCOCC1. The van der Waals surface area contributed by atoms with Crippen LogP contribution in [0.25, 0.3) is 0 Å². The zero-order chi connectivity index (χ0) is 17.1. The highest BCUT2D eigenvalue weighted by Crippen LogP contribution is 2.35. The Morgan fingerprint density at radius 1 is 0.920 bits per heavy atom. The molecular formula is C21H24N2O2. The van der Waals surface area contributed by atoms with Crippen molar-refractivity contribution >= 4 is 11.6 Å². The van der Waals surface area contributed by atoms with E-state index in [1.54, 1.807) is 0 Å². The van der Waals surface area contributed by atoms with Crippen LogP contribution < -0.4 is 4.90 Å². The van der Waals surface area contributed by atoms with Gasteiger partial charge in [-0.25, -0.2) is 0 Å². The first-order valence-corrected chi connectivity index (χ1v) is 9.10. The van der Waals surface area contributed by atoms with Crippen LogP contribution in [0.2, 0.25) is 0 Å². The summed E-state index contributed by atoms with van der Waals surface area (Å²) in [7, 11) is 0. The van der Waals surface area contributed by atoms with Crippen LogP contribution in [0.1, 0.15) is 23.6 Å². The molecular weight excluding hydrogens is 312 g/mol. The number of morpholine rings is 1. The van der Waals surface area contributed by atoms with E-state index >= 15 is 0 Å². The van der Waals surface area contributed by atoms with E-state index in [-0.39, 0.29) is 11.9 Å². The molecule has 4 nitrogen and oxygen atoms in total. The number of benzene rings is 2. The minimum Gasteiger partial charge on any atom is -0.378 e. The summed E-state index contributed by atoms with van der Waals surface area (Å²) in [5.41, 5.74) is 3.60. The molecule has 1 fully saturated rings. The van der Waals surface area contributed by atoms with Crippen LogP contribution in [0, 0.1) is 0 Å². The van der Waals surface area contributed by atoms with Gasteiger partial charge in [-0.3, -0.25) is 4.79 Å². The predicted molar refractivity (Wildman–Crippen MR) is 98.7 cm³/mol. The molecule has 25 heavy (non-hydrogen) atoms. The van der Waals surface area contributed by atoms with E-state index in [4.69, 9.17) is 4.74 Å². The highest BCUT2D eigenvalue weighted by molar-refractivity contribution is 5.87. The molecule has 4 heteroatoms. The summed E-state index contributed by atoms with van der Waals surface area (Å²) in [6, 6.07) is 18.4. The number of aryl methyl sites for hydroxylation is 1. The molecule has 2 aromatic carbocycles. The average Bonchev–Trinajstić information content (AvgIpc) is 2.70. The molecule has 1 atom stereocenters. The Hall–Kier alpha value is -2.33. The predicted octanol–water partition coefficient (Wildman–Crippen LogP) is 3.04. The molecule has 2 aliphatic heterocycles. The number of rotatable bonds is 3. The molecule has 0 bridgehead atoms. The fraction of sp³-hybridized carbons (Fsp3) is 0.381. The second-order valence-electron chi connectivity index (χ2n) is 6.68. The molecule has 1 saturated heterocycles. The minimum atomic E-state index is -0.263. The van der Waals surface area contributed by atoms with Crippen LogP contribution >= 0.6 is 0 Å². The summed E-state index contributed by atoms with van der Waals surface area (Å²) >= 11 is 0. The van der Waals surface area contributed by atoms with Gasteiger partial charge in [0.1, 0.15) is 6.04 Å². The van der Waals surface area contributed by atoms with E-state index in [2.05, 4.69) is 41.3 Å². The maximum absolute atomic E-state index is 13.4. The molecule has 0 aromatic heterocycles. The van der Waals surface area contributed by atoms with Crippen LogP contribution in [0.15, 0.2) is 54.6 Å². The Balaban J connectivity index is 1.72. The molecule has 2 aliphatic rings. The zero-order valence-corrected chi connectivity index (χ0v) is 14.4. The number of hydrogen-bond donors (Lipinski definition) is 0. The molecule has 0 spiro atoms. The van der Waals surface area contributed by atoms with Gasteiger partial charge in [-0.05, 0) is 30.0 Å². The lowest BCUT2D eigenvalue weighted by Gasteiger charge is -2.40. The third-order valence-corrected chi connectivity index (χ3v) is 5.13. The van der Waals surface area contributed by atoms with Crippen molar-refractivity contribution in [2.75, 3.05) is 37.7 Å². The van der Waals surface area contributed by atoms with Gasteiger partial charge in [0.25, 0.3) is 0 Å². The van der Waals surface area contributed by atoms with Gasteiger partial charge in [-0.2, -0.15) is 0 Å². The van der Waals surface area contributed by atoms with E-state index in [1.807, 2.05) is 23.1 Å². The normalized spacial score (nSPS) is 18.6. The maximum Gasteiger partial charge on any atom is 0.250 e. The molecule has 2 heterocycles. The first-order chi connectivity index (χ1) is 12.3. The highest BCUT2D eigenvalue weighted by Gasteiger charge is 2.34. The van der Waals surface area contributed by atoms with Crippen LogP contribution in [0.3, 0.4) is 0 Å². The summed E-state index contributed by atoms with van der Waals surface area (Å²) in [5, 5.41) is 0. The summed E-state index contributed by atoms with van der Waals surface area (Å²) in [6.07, 6.45) is 2.16. The van der Waals surface area contributed by atoms with Crippen LogP contribution in [0.4, 0.5) is 5.69 Å². The third kappa shape index (κ3) is 3.27. The molecule has 0 aliphatic carbocycles. The Bertz CT molecular complexity index is 726. The van der Waals surface area contributed by atoms with Crippen molar-refractivity contribution in [1.29, 1.82) is 0 Å². The zero-order valence-electron chi connectivity index (χ0n) is 14.4. The number of para-hydroxylation sites is 1. The third-order valence-electron chi connectivity index (χ3n) is 5.13. The van der Waals surface area contributed by atoms with Gasteiger partial charge in [0.15, 0.2) is 0 Å². The molecule has 130 valence electrons. The van der Waals surface area contributed by atoms with Gasteiger partial charge in [-0.1, -0.05) is 48.5 Å². The molecule has 2 aromatic rings. The second-order valence-corrected chi connectivity index (χ2v) is 6.68. The molecule has 0 radical (unpaired) electrons. The van der Waals surface area contributed by atoms with Crippen molar-refractivity contribution in [2.45, 2.75) is 18.9 Å². The van der Waals surface area contributed by atoms with Gasteiger partial charge in [0, 0.05) is 25.3 Å². The Kier molecular flexibility index (Phi) is 4.70. The van der Waals surface area contributed by atoms with E-state index in [0.717, 1.165) is 24.9 Å². The monoisotopic (exact) mass is 336 g/mol. The van der Waals surface area contributed by atoms with Crippen molar-refractivity contribution in [3.8, 4) is 0 Å². The van der Waals surface area contributed by atoms with Gasteiger partial charge in [-0.15, -0.1) is 0 Å². The van der Waals surface area contributed by atoms with E-state index < -0.39 is 0 Å².